The first-order chi connectivity index (χ1) is 10.3. The van der Waals surface area contributed by atoms with E-state index >= 15 is 0 Å². The van der Waals surface area contributed by atoms with Gasteiger partial charge in [-0.2, -0.15) is 0 Å². The van der Waals surface area contributed by atoms with Gasteiger partial charge < -0.3 is 0 Å². The van der Waals surface area contributed by atoms with E-state index in [1.54, 1.807) is 12.4 Å². The van der Waals surface area contributed by atoms with Crippen molar-refractivity contribution in [1.29, 1.82) is 0 Å². The summed E-state index contributed by atoms with van der Waals surface area (Å²) in [6.07, 6.45) is 3.44. The lowest BCUT2D eigenvalue weighted by molar-refractivity contribution is 0.102. The summed E-state index contributed by atoms with van der Waals surface area (Å²) in [4.78, 5) is 16.7. The van der Waals surface area contributed by atoms with Gasteiger partial charge >= 0.3 is 0 Å². The van der Waals surface area contributed by atoms with Crippen LogP contribution in [0.2, 0.25) is 0 Å². The number of carbonyl (C=O) groups is 1. The van der Waals surface area contributed by atoms with E-state index in [9.17, 15) is 4.79 Å². The highest BCUT2D eigenvalue weighted by molar-refractivity contribution is 7.99. The van der Waals surface area contributed by atoms with Crippen molar-refractivity contribution in [3.63, 3.8) is 0 Å². The number of carbonyl (C=O) groups excluding carboxylic acids is 1. The van der Waals surface area contributed by atoms with Crippen LogP contribution in [0.25, 0.3) is 11.3 Å². The van der Waals surface area contributed by atoms with Crippen LogP contribution in [0.1, 0.15) is 9.67 Å². The molecule has 3 rings (SSSR count). The molecule has 3 heterocycles. The molecule has 3 aromatic heterocycles. The zero-order valence-electron chi connectivity index (χ0n) is 11.0. The van der Waals surface area contributed by atoms with Crippen LogP contribution < -0.4 is 0 Å². The van der Waals surface area contributed by atoms with Crippen molar-refractivity contribution in [3.8, 4) is 11.3 Å². The van der Waals surface area contributed by atoms with E-state index in [1.807, 2.05) is 41.8 Å². The Bertz CT molecular complexity index is 712. The normalized spacial score (nSPS) is 10.5. The van der Waals surface area contributed by atoms with Gasteiger partial charge in [0.25, 0.3) is 0 Å². The van der Waals surface area contributed by atoms with Crippen molar-refractivity contribution in [2.75, 3.05) is 5.75 Å². The molecule has 6 heteroatoms. The Labute approximate surface area is 130 Å². The lowest BCUT2D eigenvalue weighted by atomic mass is 10.2. The zero-order valence-corrected chi connectivity index (χ0v) is 12.6. The van der Waals surface area contributed by atoms with E-state index in [0.29, 0.717) is 5.75 Å². The fourth-order valence-corrected chi connectivity index (χ4v) is 3.17. The van der Waals surface area contributed by atoms with Crippen LogP contribution >= 0.6 is 23.1 Å². The van der Waals surface area contributed by atoms with E-state index in [-0.39, 0.29) is 5.78 Å². The summed E-state index contributed by atoms with van der Waals surface area (Å²) in [7, 11) is 0. The summed E-state index contributed by atoms with van der Waals surface area (Å²) in [5.74, 6) is 0.499. The molecule has 21 heavy (non-hydrogen) atoms. The third-order valence-corrected chi connectivity index (χ3v) is 4.59. The van der Waals surface area contributed by atoms with Crippen LogP contribution in [0, 0.1) is 0 Å². The quantitative estimate of drug-likeness (QED) is 0.532. The van der Waals surface area contributed by atoms with Crippen LogP contribution in [-0.2, 0) is 0 Å². The molecule has 0 unspecified atom stereocenters. The van der Waals surface area contributed by atoms with E-state index in [4.69, 9.17) is 0 Å². The van der Waals surface area contributed by atoms with Crippen molar-refractivity contribution in [1.82, 2.24) is 15.2 Å². The Morgan fingerprint density at radius 2 is 1.95 bits per heavy atom. The number of Topliss-reactive ketones (excluding diaryl/α,β-unsaturated/α-hetero) is 1. The van der Waals surface area contributed by atoms with Crippen LogP contribution in [0.15, 0.2) is 59.2 Å². The molecular formula is C15H11N3OS2. The highest BCUT2D eigenvalue weighted by Gasteiger charge is 2.08. The standard InChI is InChI=1S/C15H11N3OS2/c19-13(14-2-1-9-20-14)10-21-15-4-3-12(17-18-15)11-5-7-16-8-6-11/h1-9H,10H2. The third-order valence-electron chi connectivity index (χ3n) is 2.76. The summed E-state index contributed by atoms with van der Waals surface area (Å²) in [6, 6.07) is 11.3. The van der Waals surface area contributed by atoms with E-state index in [1.165, 1.54) is 23.1 Å². The molecule has 4 nitrogen and oxygen atoms in total. The third kappa shape index (κ3) is 3.53. The number of thiophene rings is 1. The summed E-state index contributed by atoms with van der Waals surface area (Å²) < 4.78 is 0. The first kappa shape index (κ1) is 13.9. The molecule has 0 N–H and O–H groups in total. The molecule has 0 fully saturated rings. The van der Waals surface area contributed by atoms with Crippen molar-refractivity contribution >= 4 is 28.9 Å². The van der Waals surface area contributed by atoms with Crippen molar-refractivity contribution in [3.05, 3.63) is 59.0 Å². The first-order valence-corrected chi connectivity index (χ1v) is 8.13. The number of rotatable bonds is 5. The molecule has 3 aromatic rings. The van der Waals surface area contributed by atoms with E-state index < -0.39 is 0 Å². The Morgan fingerprint density at radius 1 is 1.10 bits per heavy atom. The minimum Gasteiger partial charge on any atom is -0.292 e. The predicted octanol–water partition coefficient (Wildman–Crippen LogP) is 3.58. The number of hydrogen-bond acceptors (Lipinski definition) is 6. The Morgan fingerprint density at radius 3 is 2.62 bits per heavy atom. The SMILES string of the molecule is O=C(CSc1ccc(-c2ccncc2)nn1)c1cccs1. The molecule has 0 radical (unpaired) electrons. The monoisotopic (exact) mass is 313 g/mol. The van der Waals surface area contributed by atoms with Crippen LogP contribution in [0.5, 0.6) is 0 Å². The highest BCUT2D eigenvalue weighted by atomic mass is 32.2. The molecule has 0 aliphatic heterocycles. The second-order valence-electron chi connectivity index (χ2n) is 4.18. The minimum atomic E-state index is 0.120. The summed E-state index contributed by atoms with van der Waals surface area (Å²) >= 11 is 2.86. The maximum Gasteiger partial charge on any atom is 0.183 e. The number of aromatic nitrogens is 3. The molecule has 0 aliphatic carbocycles. The second-order valence-corrected chi connectivity index (χ2v) is 6.13. The number of thioether (sulfide) groups is 1. The molecule has 0 saturated carbocycles. The minimum absolute atomic E-state index is 0.120. The summed E-state index contributed by atoms with van der Waals surface area (Å²) in [5, 5.41) is 11.0. The summed E-state index contributed by atoms with van der Waals surface area (Å²) in [6.45, 7) is 0. The van der Waals surface area contributed by atoms with Crippen molar-refractivity contribution in [2.24, 2.45) is 0 Å². The predicted molar refractivity (Wildman–Crippen MR) is 84.6 cm³/mol. The van der Waals surface area contributed by atoms with Crippen molar-refractivity contribution in [2.45, 2.75) is 5.03 Å². The van der Waals surface area contributed by atoms with Gasteiger partial charge in [-0.05, 0) is 35.7 Å². The van der Waals surface area contributed by atoms with Gasteiger partial charge in [0.05, 0.1) is 16.3 Å². The number of nitrogens with zero attached hydrogens (tertiary/aromatic N) is 3. The van der Waals surface area contributed by atoms with Gasteiger partial charge in [0.2, 0.25) is 0 Å². The number of ketones is 1. The lowest BCUT2D eigenvalue weighted by Gasteiger charge is -2.01. The number of pyridine rings is 1. The second kappa shape index (κ2) is 6.60. The van der Waals surface area contributed by atoms with Gasteiger partial charge in [0.1, 0.15) is 5.03 Å². The van der Waals surface area contributed by atoms with E-state index in [2.05, 4.69) is 15.2 Å². The van der Waals surface area contributed by atoms with Crippen molar-refractivity contribution < 1.29 is 4.79 Å². The molecule has 0 bridgehead atoms. The Kier molecular flexibility index (Phi) is 4.37. The van der Waals surface area contributed by atoms with Gasteiger partial charge in [0, 0.05) is 18.0 Å². The average molecular weight is 313 g/mol. The van der Waals surface area contributed by atoms with Gasteiger partial charge in [-0.15, -0.1) is 21.5 Å². The largest absolute Gasteiger partial charge is 0.292 e. The molecule has 0 amide bonds. The van der Waals surface area contributed by atoms with Gasteiger partial charge in [-0.3, -0.25) is 9.78 Å². The Hall–Kier alpha value is -2.05. The van der Waals surface area contributed by atoms with Gasteiger partial charge in [0.15, 0.2) is 5.78 Å². The fraction of sp³-hybridized carbons (Fsp3) is 0.0667. The maximum atomic E-state index is 11.9. The molecule has 0 saturated heterocycles. The van der Waals surface area contributed by atoms with E-state index in [0.717, 1.165) is 21.2 Å². The molecule has 0 aliphatic rings. The molecule has 0 spiro atoms. The topological polar surface area (TPSA) is 55.7 Å². The number of hydrogen-bond donors (Lipinski definition) is 0. The van der Waals surface area contributed by atoms with Gasteiger partial charge in [-0.25, -0.2) is 0 Å². The van der Waals surface area contributed by atoms with Gasteiger partial charge in [-0.1, -0.05) is 17.8 Å². The summed E-state index contributed by atoms with van der Waals surface area (Å²) in [5.41, 5.74) is 1.77. The molecule has 0 atom stereocenters. The van der Waals surface area contributed by atoms with Crippen LogP contribution in [-0.4, -0.2) is 26.7 Å². The zero-order chi connectivity index (χ0) is 14.5. The molecular weight excluding hydrogens is 302 g/mol. The van der Waals surface area contributed by atoms with Crippen LogP contribution in [0.4, 0.5) is 0 Å². The smallest absolute Gasteiger partial charge is 0.183 e. The maximum absolute atomic E-state index is 11.9. The first-order valence-electron chi connectivity index (χ1n) is 6.26. The lowest BCUT2D eigenvalue weighted by Crippen LogP contribution is -2.00. The van der Waals surface area contributed by atoms with Crippen LogP contribution in [0.3, 0.4) is 0 Å². The molecule has 0 aromatic carbocycles. The average Bonchev–Trinajstić information content (AvgIpc) is 3.08. The molecule has 104 valence electrons. The Balaban J connectivity index is 1.64. The highest BCUT2D eigenvalue weighted by Crippen LogP contribution is 2.21. The fourth-order valence-electron chi connectivity index (χ4n) is 1.72.